The number of nitrogens with one attached hydrogen (secondary N) is 1. The molecular weight excluding hydrogens is 226 g/mol. The summed E-state index contributed by atoms with van der Waals surface area (Å²) < 4.78 is 6.08. The molecule has 0 aromatic heterocycles. The summed E-state index contributed by atoms with van der Waals surface area (Å²) in [6, 6.07) is 0. The van der Waals surface area contributed by atoms with Crippen LogP contribution in [0.3, 0.4) is 0 Å². The van der Waals surface area contributed by atoms with Gasteiger partial charge in [-0.1, -0.05) is 27.7 Å². The van der Waals surface area contributed by atoms with E-state index >= 15 is 0 Å². The lowest BCUT2D eigenvalue weighted by molar-refractivity contribution is -0.0522. The van der Waals surface area contributed by atoms with Crippen LogP contribution in [0.4, 0.5) is 0 Å². The van der Waals surface area contributed by atoms with Gasteiger partial charge in [0.15, 0.2) is 0 Å². The van der Waals surface area contributed by atoms with Crippen molar-refractivity contribution in [3.63, 3.8) is 0 Å². The van der Waals surface area contributed by atoms with Gasteiger partial charge in [0.1, 0.15) is 0 Å². The highest BCUT2D eigenvalue weighted by molar-refractivity contribution is 4.86. The molecule has 18 heavy (non-hydrogen) atoms. The quantitative estimate of drug-likeness (QED) is 0.768. The van der Waals surface area contributed by atoms with Crippen molar-refractivity contribution in [2.75, 3.05) is 19.8 Å². The predicted octanol–water partition coefficient (Wildman–Crippen LogP) is 2.58. The van der Waals surface area contributed by atoms with Crippen LogP contribution in [0.2, 0.25) is 0 Å². The standard InChI is InChI=1S/C15H31NO2/c1-6-16-15(5,10-17)11-18-13-7-12(2)8-14(3,4)9-13/h12-13,16-17H,6-11H2,1-5H3. The molecule has 108 valence electrons. The lowest BCUT2D eigenvalue weighted by atomic mass is 9.71. The van der Waals surface area contributed by atoms with Crippen LogP contribution in [0.25, 0.3) is 0 Å². The lowest BCUT2D eigenvalue weighted by Gasteiger charge is -2.40. The molecule has 0 amide bonds. The molecule has 0 spiro atoms. The Bertz CT molecular complexity index is 255. The molecule has 3 unspecified atom stereocenters. The molecule has 1 aliphatic carbocycles. The third-order valence-corrected chi connectivity index (χ3v) is 3.94. The molecular formula is C15H31NO2. The fraction of sp³-hybridized carbons (Fsp3) is 1.00. The number of ether oxygens (including phenoxy) is 1. The van der Waals surface area contributed by atoms with Gasteiger partial charge in [-0.2, -0.15) is 0 Å². The Morgan fingerprint density at radius 1 is 1.39 bits per heavy atom. The van der Waals surface area contributed by atoms with Crippen LogP contribution >= 0.6 is 0 Å². The Hall–Kier alpha value is -0.120. The number of aliphatic hydroxyl groups is 1. The largest absolute Gasteiger partial charge is 0.394 e. The summed E-state index contributed by atoms with van der Waals surface area (Å²) in [5.41, 5.74) is 0.0791. The van der Waals surface area contributed by atoms with Crippen LogP contribution in [-0.4, -0.2) is 36.5 Å². The van der Waals surface area contributed by atoms with Gasteiger partial charge >= 0.3 is 0 Å². The maximum atomic E-state index is 9.46. The first-order chi connectivity index (χ1) is 8.30. The SMILES string of the molecule is CCNC(C)(CO)COC1CC(C)CC(C)(C)C1. The molecule has 1 aliphatic rings. The van der Waals surface area contributed by atoms with Gasteiger partial charge in [0, 0.05) is 0 Å². The molecule has 0 bridgehead atoms. The summed E-state index contributed by atoms with van der Waals surface area (Å²) in [5.74, 6) is 0.735. The van der Waals surface area contributed by atoms with E-state index in [1.54, 1.807) is 0 Å². The Morgan fingerprint density at radius 3 is 2.56 bits per heavy atom. The Kier molecular flexibility index (Phi) is 5.63. The van der Waals surface area contributed by atoms with Crippen molar-refractivity contribution in [2.45, 2.75) is 65.5 Å². The van der Waals surface area contributed by atoms with E-state index in [1.165, 1.54) is 6.42 Å². The molecule has 1 rings (SSSR count). The van der Waals surface area contributed by atoms with Crippen LogP contribution in [0.1, 0.15) is 53.9 Å². The first kappa shape index (κ1) is 15.9. The minimum atomic E-state index is -0.306. The number of likely N-dealkylation sites (N-methyl/N-ethyl adjacent to an activating group) is 1. The Balaban J connectivity index is 2.47. The van der Waals surface area contributed by atoms with Crippen LogP contribution in [0.5, 0.6) is 0 Å². The molecule has 1 fully saturated rings. The fourth-order valence-electron chi connectivity index (χ4n) is 3.27. The summed E-state index contributed by atoms with van der Waals surface area (Å²) in [4.78, 5) is 0. The van der Waals surface area contributed by atoms with Crippen molar-refractivity contribution < 1.29 is 9.84 Å². The minimum absolute atomic E-state index is 0.118. The molecule has 0 aromatic rings. The third kappa shape index (κ3) is 4.87. The summed E-state index contributed by atoms with van der Waals surface area (Å²) in [6.45, 7) is 12.6. The zero-order valence-electron chi connectivity index (χ0n) is 12.8. The van der Waals surface area contributed by atoms with Crippen molar-refractivity contribution in [2.24, 2.45) is 11.3 Å². The maximum Gasteiger partial charge on any atom is 0.0671 e. The van der Waals surface area contributed by atoms with Crippen LogP contribution in [-0.2, 0) is 4.74 Å². The number of hydrogen-bond acceptors (Lipinski definition) is 3. The molecule has 0 aliphatic heterocycles. The molecule has 1 saturated carbocycles. The van der Waals surface area contributed by atoms with Gasteiger partial charge in [-0.15, -0.1) is 0 Å². The van der Waals surface area contributed by atoms with Gasteiger partial charge in [0.25, 0.3) is 0 Å². The van der Waals surface area contributed by atoms with E-state index in [0.717, 1.165) is 25.3 Å². The zero-order valence-corrected chi connectivity index (χ0v) is 12.8. The van der Waals surface area contributed by atoms with E-state index in [1.807, 2.05) is 6.92 Å². The second kappa shape index (κ2) is 6.36. The summed E-state index contributed by atoms with van der Waals surface area (Å²) in [7, 11) is 0. The zero-order chi connectivity index (χ0) is 13.8. The maximum absolute atomic E-state index is 9.46. The van der Waals surface area contributed by atoms with E-state index < -0.39 is 0 Å². The third-order valence-electron chi connectivity index (χ3n) is 3.94. The van der Waals surface area contributed by atoms with E-state index in [0.29, 0.717) is 18.1 Å². The monoisotopic (exact) mass is 257 g/mol. The Labute approximate surface area is 112 Å². The topological polar surface area (TPSA) is 41.5 Å². The van der Waals surface area contributed by atoms with E-state index in [2.05, 4.69) is 33.0 Å². The fourth-order valence-corrected chi connectivity index (χ4v) is 3.27. The first-order valence-electron chi connectivity index (χ1n) is 7.28. The second-order valence-electron chi connectivity index (χ2n) is 7.10. The van der Waals surface area contributed by atoms with Crippen molar-refractivity contribution in [3.8, 4) is 0 Å². The van der Waals surface area contributed by atoms with Crippen molar-refractivity contribution in [1.29, 1.82) is 0 Å². The molecule has 0 heterocycles. The predicted molar refractivity (Wildman–Crippen MR) is 75.7 cm³/mol. The summed E-state index contributed by atoms with van der Waals surface area (Å²) in [5, 5.41) is 12.8. The molecule has 0 aromatic carbocycles. The average Bonchev–Trinajstić information content (AvgIpc) is 2.24. The van der Waals surface area contributed by atoms with Crippen molar-refractivity contribution >= 4 is 0 Å². The van der Waals surface area contributed by atoms with Gasteiger partial charge in [0.2, 0.25) is 0 Å². The smallest absolute Gasteiger partial charge is 0.0671 e. The minimum Gasteiger partial charge on any atom is -0.394 e. The second-order valence-corrected chi connectivity index (χ2v) is 7.10. The molecule has 0 radical (unpaired) electrons. The number of rotatable bonds is 6. The lowest BCUT2D eigenvalue weighted by Crippen LogP contribution is -2.50. The molecule has 3 nitrogen and oxygen atoms in total. The van der Waals surface area contributed by atoms with Gasteiger partial charge in [-0.25, -0.2) is 0 Å². The van der Waals surface area contributed by atoms with Gasteiger partial charge in [-0.3, -0.25) is 0 Å². The van der Waals surface area contributed by atoms with Crippen LogP contribution < -0.4 is 5.32 Å². The highest BCUT2D eigenvalue weighted by Gasteiger charge is 2.34. The first-order valence-corrected chi connectivity index (χ1v) is 7.28. The number of hydrogen-bond donors (Lipinski definition) is 2. The van der Waals surface area contributed by atoms with Crippen LogP contribution in [0.15, 0.2) is 0 Å². The highest BCUT2D eigenvalue weighted by atomic mass is 16.5. The van der Waals surface area contributed by atoms with Crippen molar-refractivity contribution in [3.05, 3.63) is 0 Å². The summed E-state index contributed by atoms with van der Waals surface area (Å²) in [6.07, 6.45) is 3.91. The van der Waals surface area contributed by atoms with Gasteiger partial charge < -0.3 is 15.2 Å². The average molecular weight is 257 g/mol. The highest BCUT2D eigenvalue weighted by Crippen LogP contribution is 2.39. The molecule has 3 atom stereocenters. The van der Waals surface area contributed by atoms with Crippen LogP contribution in [0, 0.1) is 11.3 Å². The molecule has 2 N–H and O–H groups in total. The molecule has 3 heteroatoms. The molecule has 0 saturated heterocycles. The van der Waals surface area contributed by atoms with Gasteiger partial charge in [-0.05, 0) is 44.1 Å². The normalized spacial score (nSPS) is 31.0. The van der Waals surface area contributed by atoms with Gasteiger partial charge in [0.05, 0.1) is 24.9 Å². The summed E-state index contributed by atoms with van der Waals surface area (Å²) >= 11 is 0. The van der Waals surface area contributed by atoms with Crippen molar-refractivity contribution in [1.82, 2.24) is 5.32 Å². The van der Waals surface area contributed by atoms with E-state index in [9.17, 15) is 5.11 Å². The van der Waals surface area contributed by atoms with E-state index in [-0.39, 0.29) is 12.1 Å². The van der Waals surface area contributed by atoms with E-state index in [4.69, 9.17) is 4.74 Å². The number of aliphatic hydroxyl groups excluding tert-OH is 1. The Morgan fingerprint density at radius 2 is 2.06 bits per heavy atom.